The summed E-state index contributed by atoms with van der Waals surface area (Å²) >= 11 is 0. The fourth-order valence-corrected chi connectivity index (χ4v) is 5.74. The van der Waals surface area contributed by atoms with Gasteiger partial charge in [0.25, 0.3) is 0 Å². The number of likely N-dealkylation sites (tertiary alicyclic amines) is 1. The third-order valence-electron chi connectivity index (χ3n) is 7.75. The topological polar surface area (TPSA) is 95.9 Å². The lowest BCUT2D eigenvalue weighted by Crippen LogP contribution is -2.51. The van der Waals surface area contributed by atoms with E-state index in [4.69, 9.17) is 9.84 Å². The van der Waals surface area contributed by atoms with Gasteiger partial charge in [-0.1, -0.05) is 48.5 Å². The van der Waals surface area contributed by atoms with Crippen molar-refractivity contribution in [3.05, 3.63) is 59.7 Å². The second-order valence-electron chi connectivity index (χ2n) is 10.2. The van der Waals surface area contributed by atoms with E-state index in [0.29, 0.717) is 56.8 Å². The molecule has 3 aliphatic rings. The van der Waals surface area contributed by atoms with Crippen molar-refractivity contribution in [1.29, 1.82) is 0 Å². The highest BCUT2D eigenvalue weighted by Crippen LogP contribution is 2.44. The van der Waals surface area contributed by atoms with Crippen LogP contribution in [-0.2, 0) is 14.3 Å². The Morgan fingerprint density at radius 2 is 1.54 bits per heavy atom. The largest absolute Gasteiger partial charge is 0.481 e. The molecule has 2 amide bonds. The molecule has 7 nitrogen and oxygen atoms in total. The second kappa shape index (κ2) is 10.1. The van der Waals surface area contributed by atoms with Gasteiger partial charge in [-0.25, -0.2) is 4.79 Å². The van der Waals surface area contributed by atoms with Gasteiger partial charge < -0.3 is 20.1 Å². The van der Waals surface area contributed by atoms with E-state index in [1.807, 2.05) is 29.2 Å². The molecule has 2 aromatic carbocycles. The summed E-state index contributed by atoms with van der Waals surface area (Å²) in [7, 11) is 0. The molecule has 1 aliphatic heterocycles. The quantitative estimate of drug-likeness (QED) is 0.564. The molecular weight excluding hydrogens is 444 g/mol. The zero-order valence-corrected chi connectivity index (χ0v) is 19.8. The Morgan fingerprint density at radius 3 is 2.17 bits per heavy atom. The second-order valence-corrected chi connectivity index (χ2v) is 10.2. The number of ether oxygens (including phenoxy) is 1. The Hall–Kier alpha value is -3.35. The molecule has 0 spiro atoms. The summed E-state index contributed by atoms with van der Waals surface area (Å²) in [6, 6.07) is 16.6. The maximum absolute atomic E-state index is 12.4. The zero-order chi connectivity index (χ0) is 24.4. The first-order chi connectivity index (χ1) is 17.0. The number of carboxylic acid groups (broad SMARTS) is 1. The standard InChI is InChI=1S/C28H32N2O5/c31-26(30-15-18(16-30)9-10-27(32)33)13-19-11-20(12-19)14-29-28(34)35-17-25-23-7-3-1-5-21(23)22-6-2-4-8-24(22)25/h1-8,18-20,25H,9-17H2,(H,29,34)(H,32,33). The number of benzene rings is 2. The van der Waals surface area contributed by atoms with Crippen LogP contribution in [0.2, 0.25) is 0 Å². The Bertz CT molecular complexity index is 1060. The number of alkyl carbamates (subject to hydrolysis) is 1. The van der Waals surface area contributed by atoms with E-state index in [0.717, 1.165) is 12.8 Å². The maximum Gasteiger partial charge on any atom is 0.407 e. The molecule has 1 heterocycles. The van der Waals surface area contributed by atoms with E-state index in [9.17, 15) is 14.4 Å². The molecule has 0 radical (unpaired) electrons. The predicted octanol–water partition coefficient (Wildman–Crippen LogP) is 4.26. The number of hydrogen-bond acceptors (Lipinski definition) is 4. The molecule has 5 rings (SSSR count). The highest BCUT2D eigenvalue weighted by Gasteiger charge is 2.36. The number of carbonyl (C=O) groups is 3. The summed E-state index contributed by atoms with van der Waals surface area (Å²) in [4.78, 5) is 37.2. The van der Waals surface area contributed by atoms with Crippen molar-refractivity contribution in [2.45, 2.75) is 38.0 Å². The molecule has 2 aromatic rings. The number of rotatable bonds is 9. The normalized spacial score (nSPS) is 20.9. The molecular formula is C28H32N2O5. The van der Waals surface area contributed by atoms with Crippen LogP contribution >= 0.6 is 0 Å². The summed E-state index contributed by atoms with van der Waals surface area (Å²) in [5, 5.41) is 11.7. The Morgan fingerprint density at radius 1 is 0.914 bits per heavy atom. The minimum atomic E-state index is -0.776. The SMILES string of the molecule is O=C(O)CCC1CN(C(=O)CC2CC(CNC(=O)OCC3c4ccccc4-c4ccccc43)C2)C1. The van der Waals surface area contributed by atoms with Crippen LogP contribution in [0.5, 0.6) is 0 Å². The lowest BCUT2D eigenvalue weighted by molar-refractivity contribution is -0.140. The van der Waals surface area contributed by atoms with Gasteiger partial charge in [0.1, 0.15) is 6.61 Å². The molecule has 0 bridgehead atoms. The third kappa shape index (κ3) is 5.19. The minimum Gasteiger partial charge on any atom is -0.481 e. The monoisotopic (exact) mass is 476 g/mol. The van der Waals surface area contributed by atoms with E-state index in [2.05, 4.69) is 29.6 Å². The zero-order valence-electron chi connectivity index (χ0n) is 19.8. The molecule has 0 aromatic heterocycles. The fraction of sp³-hybridized carbons (Fsp3) is 0.464. The maximum atomic E-state index is 12.4. The van der Waals surface area contributed by atoms with Crippen LogP contribution in [0.4, 0.5) is 4.79 Å². The Labute approximate surface area is 205 Å². The van der Waals surface area contributed by atoms with Gasteiger partial charge in [0.2, 0.25) is 5.91 Å². The number of amides is 2. The summed E-state index contributed by atoms with van der Waals surface area (Å²) in [6.45, 7) is 2.25. The molecule has 7 heteroatoms. The number of nitrogens with one attached hydrogen (secondary N) is 1. The highest BCUT2D eigenvalue weighted by molar-refractivity contribution is 5.79. The lowest BCUT2D eigenvalue weighted by Gasteiger charge is -2.42. The van der Waals surface area contributed by atoms with Crippen molar-refractivity contribution in [1.82, 2.24) is 10.2 Å². The van der Waals surface area contributed by atoms with Gasteiger partial charge in [0, 0.05) is 38.4 Å². The molecule has 2 aliphatic carbocycles. The average molecular weight is 477 g/mol. The molecule has 0 atom stereocenters. The number of hydrogen-bond donors (Lipinski definition) is 2. The molecule has 1 saturated carbocycles. The van der Waals surface area contributed by atoms with Gasteiger partial charge in [0.05, 0.1) is 0 Å². The van der Waals surface area contributed by atoms with Crippen LogP contribution in [0.25, 0.3) is 11.1 Å². The van der Waals surface area contributed by atoms with E-state index in [1.165, 1.54) is 22.3 Å². The summed E-state index contributed by atoms with van der Waals surface area (Å²) in [5.41, 5.74) is 4.81. The van der Waals surface area contributed by atoms with Crippen LogP contribution in [-0.4, -0.2) is 54.2 Å². The van der Waals surface area contributed by atoms with Gasteiger partial charge in [0.15, 0.2) is 0 Å². The van der Waals surface area contributed by atoms with Gasteiger partial charge in [-0.15, -0.1) is 0 Å². The van der Waals surface area contributed by atoms with Crippen LogP contribution < -0.4 is 5.32 Å². The molecule has 2 N–H and O–H groups in total. The van der Waals surface area contributed by atoms with Crippen LogP contribution in [0, 0.1) is 17.8 Å². The predicted molar refractivity (Wildman–Crippen MR) is 131 cm³/mol. The molecule has 35 heavy (non-hydrogen) atoms. The Balaban J connectivity index is 0.992. The number of carboxylic acids is 1. The summed E-state index contributed by atoms with van der Waals surface area (Å²) < 4.78 is 5.60. The molecule has 2 fully saturated rings. The number of fused-ring (bicyclic) bond motifs is 3. The summed E-state index contributed by atoms with van der Waals surface area (Å²) in [6.07, 6.45) is 2.85. The van der Waals surface area contributed by atoms with E-state index < -0.39 is 5.97 Å². The summed E-state index contributed by atoms with van der Waals surface area (Å²) in [5.74, 6) is 0.525. The van der Waals surface area contributed by atoms with E-state index >= 15 is 0 Å². The molecule has 184 valence electrons. The number of nitrogens with zero attached hydrogens (tertiary/aromatic N) is 1. The first-order valence-corrected chi connectivity index (χ1v) is 12.6. The van der Waals surface area contributed by atoms with Crippen molar-refractivity contribution in [3.63, 3.8) is 0 Å². The van der Waals surface area contributed by atoms with Gasteiger partial charge >= 0.3 is 12.1 Å². The number of aliphatic carboxylic acids is 1. The molecule has 1 saturated heterocycles. The average Bonchev–Trinajstić information content (AvgIpc) is 3.11. The van der Waals surface area contributed by atoms with Gasteiger partial charge in [-0.2, -0.15) is 0 Å². The van der Waals surface area contributed by atoms with Crippen molar-refractivity contribution >= 4 is 18.0 Å². The number of carbonyl (C=O) groups excluding carboxylic acids is 2. The fourth-order valence-electron chi connectivity index (χ4n) is 5.74. The van der Waals surface area contributed by atoms with E-state index in [-0.39, 0.29) is 24.3 Å². The third-order valence-corrected chi connectivity index (χ3v) is 7.75. The van der Waals surface area contributed by atoms with Crippen molar-refractivity contribution in [2.75, 3.05) is 26.2 Å². The van der Waals surface area contributed by atoms with E-state index in [1.54, 1.807) is 0 Å². The van der Waals surface area contributed by atoms with Gasteiger partial charge in [-0.05, 0) is 59.3 Å². The molecule has 0 unspecified atom stereocenters. The lowest BCUT2D eigenvalue weighted by atomic mass is 9.73. The van der Waals surface area contributed by atoms with Crippen molar-refractivity contribution in [2.24, 2.45) is 17.8 Å². The van der Waals surface area contributed by atoms with Crippen LogP contribution in [0.15, 0.2) is 48.5 Å². The van der Waals surface area contributed by atoms with Gasteiger partial charge in [-0.3, -0.25) is 9.59 Å². The first kappa shape index (κ1) is 23.4. The Kier molecular flexibility index (Phi) is 6.75. The van der Waals surface area contributed by atoms with Crippen LogP contribution in [0.3, 0.4) is 0 Å². The minimum absolute atomic E-state index is 0.0532. The van der Waals surface area contributed by atoms with Crippen molar-refractivity contribution in [3.8, 4) is 11.1 Å². The highest BCUT2D eigenvalue weighted by atomic mass is 16.5. The smallest absolute Gasteiger partial charge is 0.407 e. The van der Waals surface area contributed by atoms with Crippen LogP contribution in [0.1, 0.15) is 49.1 Å². The van der Waals surface area contributed by atoms with Crippen molar-refractivity contribution < 1.29 is 24.2 Å². The first-order valence-electron chi connectivity index (χ1n) is 12.6.